The summed E-state index contributed by atoms with van der Waals surface area (Å²) in [5, 5.41) is 11.2. The van der Waals surface area contributed by atoms with Gasteiger partial charge >= 0.3 is 6.16 Å². The van der Waals surface area contributed by atoms with Crippen LogP contribution in [0.4, 0.5) is 4.79 Å². The molecule has 1 aliphatic rings. The van der Waals surface area contributed by atoms with Crippen molar-refractivity contribution < 1.29 is 19.5 Å². The summed E-state index contributed by atoms with van der Waals surface area (Å²) in [6, 6.07) is 0. The van der Waals surface area contributed by atoms with Crippen LogP contribution in [0.25, 0.3) is 0 Å². The van der Waals surface area contributed by atoms with Gasteiger partial charge in [-0.05, 0) is 39.5 Å². The zero-order chi connectivity index (χ0) is 13.8. The topological polar surface area (TPSA) is 85.0 Å². The normalized spacial score (nSPS) is 20.5. The highest BCUT2D eigenvalue weighted by atomic mass is 16.8. The summed E-state index contributed by atoms with van der Waals surface area (Å²) in [6.45, 7) is 6.84. The van der Waals surface area contributed by atoms with Crippen molar-refractivity contribution in [3.05, 3.63) is 0 Å². The summed E-state index contributed by atoms with van der Waals surface area (Å²) in [5.41, 5.74) is 4.87. The Morgan fingerprint density at radius 3 is 2.44 bits per heavy atom. The molecule has 0 spiro atoms. The lowest BCUT2D eigenvalue weighted by Gasteiger charge is -2.32. The SMILES string of the molecule is CC(C)(C)OC(=O)ON1CCC(C(O)CN)CC1. The van der Waals surface area contributed by atoms with Crippen LogP contribution in [0.1, 0.15) is 33.6 Å². The number of nitrogens with two attached hydrogens (primary N) is 1. The molecule has 0 saturated carbocycles. The van der Waals surface area contributed by atoms with Crippen LogP contribution in [-0.2, 0) is 9.57 Å². The molecule has 1 atom stereocenters. The van der Waals surface area contributed by atoms with Gasteiger partial charge in [-0.1, -0.05) is 0 Å². The van der Waals surface area contributed by atoms with Gasteiger partial charge in [-0.15, -0.1) is 5.06 Å². The molecule has 1 aliphatic heterocycles. The molecule has 0 aromatic heterocycles. The molecule has 6 heteroatoms. The van der Waals surface area contributed by atoms with E-state index in [1.165, 1.54) is 0 Å². The molecule has 3 N–H and O–H groups in total. The summed E-state index contributed by atoms with van der Waals surface area (Å²) in [5.74, 6) is 0.188. The Morgan fingerprint density at radius 2 is 2.00 bits per heavy atom. The number of hydrogen-bond donors (Lipinski definition) is 2. The molecule has 1 fully saturated rings. The number of carbonyl (C=O) groups excluding carboxylic acids is 1. The van der Waals surface area contributed by atoms with Gasteiger partial charge in [0.2, 0.25) is 0 Å². The Labute approximate surface area is 108 Å². The number of hydrogen-bond acceptors (Lipinski definition) is 6. The fraction of sp³-hybridized carbons (Fsp3) is 0.917. The first-order valence-corrected chi connectivity index (χ1v) is 6.36. The molecule has 18 heavy (non-hydrogen) atoms. The highest BCUT2D eigenvalue weighted by Gasteiger charge is 2.27. The first-order chi connectivity index (χ1) is 8.31. The Hall–Kier alpha value is -0.850. The van der Waals surface area contributed by atoms with Crippen molar-refractivity contribution in [1.82, 2.24) is 5.06 Å². The van der Waals surface area contributed by atoms with Crippen LogP contribution in [0.3, 0.4) is 0 Å². The average molecular weight is 260 g/mol. The third-order valence-electron chi connectivity index (χ3n) is 2.88. The van der Waals surface area contributed by atoms with E-state index >= 15 is 0 Å². The molecule has 106 valence electrons. The van der Waals surface area contributed by atoms with Crippen LogP contribution >= 0.6 is 0 Å². The summed E-state index contributed by atoms with van der Waals surface area (Å²) in [4.78, 5) is 16.5. The van der Waals surface area contributed by atoms with E-state index in [1.807, 2.05) is 0 Å². The molecule has 1 rings (SSSR count). The van der Waals surface area contributed by atoms with E-state index in [0.29, 0.717) is 13.1 Å². The van der Waals surface area contributed by atoms with Crippen LogP contribution in [0, 0.1) is 5.92 Å². The van der Waals surface area contributed by atoms with Crippen molar-refractivity contribution in [2.24, 2.45) is 11.7 Å². The zero-order valence-corrected chi connectivity index (χ0v) is 11.4. The number of hydroxylamine groups is 2. The minimum atomic E-state index is -0.680. The van der Waals surface area contributed by atoms with Crippen molar-refractivity contribution >= 4 is 6.16 Å². The van der Waals surface area contributed by atoms with Gasteiger partial charge in [0.15, 0.2) is 0 Å². The first kappa shape index (κ1) is 15.2. The highest BCUT2D eigenvalue weighted by Crippen LogP contribution is 2.21. The number of ether oxygens (including phenoxy) is 1. The van der Waals surface area contributed by atoms with E-state index in [4.69, 9.17) is 15.3 Å². The lowest BCUT2D eigenvalue weighted by atomic mass is 9.92. The first-order valence-electron chi connectivity index (χ1n) is 6.36. The second-order valence-electron chi connectivity index (χ2n) is 5.63. The molecule has 1 unspecified atom stereocenters. The van der Waals surface area contributed by atoms with Crippen molar-refractivity contribution in [2.45, 2.75) is 45.3 Å². The Morgan fingerprint density at radius 1 is 1.44 bits per heavy atom. The maximum Gasteiger partial charge on any atom is 0.528 e. The molecule has 0 aromatic carbocycles. The number of piperidine rings is 1. The summed E-state index contributed by atoms with van der Waals surface area (Å²) >= 11 is 0. The third-order valence-corrected chi connectivity index (χ3v) is 2.88. The van der Waals surface area contributed by atoms with Crippen molar-refractivity contribution in [3.63, 3.8) is 0 Å². The Bertz CT molecular complexity index is 270. The molecule has 0 radical (unpaired) electrons. The van der Waals surface area contributed by atoms with Crippen LogP contribution in [0.15, 0.2) is 0 Å². The molecule has 0 aliphatic carbocycles. The standard InChI is InChI=1S/C12H24N2O4/c1-12(2,3)17-11(16)18-14-6-4-9(5-7-14)10(15)8-13/h9-10,15H,4-8,13H2,1-3H3. The highest BCUT2D eigenvalue weighted by molar-refractivity contribution is 5.60. The minimum absolute atomic E-state index is 0.188. The third kappa shape index (κ3) is 5.20. The molecule has 0 aromatic rings. The van der Waals surface area contributed by atoms with Crippen molar-refractivity contribution in [2.75, 3.05) is 19.6 Å². The zero-order valence-electron chi connectivity index (χ0n) is 11.4. The fourth-order valence-electron chi connectivity index (χ4n) is 1.92. The van der Waals surface area contributed by atoms with Crippen LogP contribution in [0.2, 0.25) is 0 Å². The fourth-order valence-corrected chi connectivity index (χ4v) is 1.92. The summed E-state index contributed by atoms with van der Waals surface area (Å²) in [7, 11) is 0. The Kier molecular flexibility index (Phi) is 5.37. The smallest absolute Gasteiger partial charge is 0.427 e. The van der Waals surface area contributed by atoms with Gasteiger partial charge in [0.05, 0.1) is 6.10 Å². The van der Waals surface area contributed by atoms with Gasteiger partial charge in [-0.25, -0.2) is 4.79 Å². The predicted octanol–water partition coefficient (Wildman–Crippen LogP) is 0.885. The molecular formula is C12H24N2O4. The van der Waals surface area contributed by atoms with Gasteiger partial charge in [0.25, 0.3) is 0 Å². The molecule has 0 amide bonds. The lowest BCUT2D eigenvalue weighted by molar-refractivity contribution is -0.159. The van der Waals surface area contributed by atoms with Gasteiger partial charge in [-0.3, -0.25) is 0 Å². The average Bonchev–Trinajstić information content (AvgIpc) is 2.26. The molecule has 1 heterocycles. The maximum atomic E-state index is 11.4. The van der Waals surface area contributed by atoms with Crippen molar-refractivity contribution in [1.29, 1.82) is 0 Å². The molecule has 0 bridgehead atoms. The molecular weight excluding hydrogens is 236 g/mol. The number of nitrogens with zero attached hydrogens (tertiary/aromatic N) is 1. The number of aliphatic hydroxyl groups excluding tert-OH is 1. The van der Waals surface area contributed by atoms with Crippen LogP contribution in [-0.4, -0.2) is 47.7 Å². The van der Waals surface area contributed by atoms with E-state index in [-0.39, 0.29) is 12.5 Å². The summed E-state index contributed by atoms with van der Waals surface area (Å²) < 4.78 is 5.06. The minimum Gasteiger partial charge on any atom is -0.427 e. The second-order valence-corrected chi connectivity index (χ2v) is 5.63. The lowest BCUT2D eigenvalue weighted by Crippen LogP contribution is -2.41. The number of aliphatic hydroxyl groups is 1. The van der Waals surface area contributed by atoms with E-state index in [0.717, 1.165) is 12.8 Å². The summed E-state index contributed by atoms with van der Waals surface area (Å²) in [6.07, 6.45) is 0.386. The number of carbonyl (C=O) groups is 1. The van der Waals surface area contributed by atoms with E-state index in [9.17, 15) is 9.90 Å². The second kappa shape index (κ2) is 6.36. The largest absolute Gasteiger partial charge is 0.528 e. The molecule has 6 nitrogen and oxygen atoms in total. The van der Waals surface area contributed by atoms with Crippen LogP contribution < -0.4 is 5.73 Å². The predicted molar refractivity (Wildman–Crippen MR) is 66.7 cm³/mol. The van der Waals surface area contributed by atoms with E-state index in [1.54, 1.807) is 25.8 Å². The van der Waals surface area contributed by atoms with Crippen molar-refractivity contribution in [3.8, 4) is 0 Å². The van der Waals surface area contributed by atoms with Gasteiger partial charge in [0, 0.05) is 19.6 Å². The molecule has 1 saturated heterocycles. The van der Waals surface area contributed by atoms with E-state index in [2.05, 4.69) is 0 Å². The number of rotatable bonds is 3. The van der Waals surface area contributed by atoms with Gasteiger partial charge in [-0.2, -0.15) is 0 Å². The van der Waals surface area contributed by atoms with Crippen LogP contribution in [0.5, 0.6) is 0 Å². The quantitative estimate of drug-likeness (QED) is 0.733. The Balaban J connectivity index is 2.29. The maximum absolute atomic E-state index is 11.4. The van der Waals surface area contributed by atoms with E-state index < -0.39 is 17.9 Å². The van der Waals surface area contributed by atoms with Gasteiger partial charge in [0.1, 0.15) is 5.60 Å². The van der Waals surface area contributed by atoms with Gasteiger partial charge < -0.3 is 20.4 Å². The monoisotopic (exact) mass is 260 g/mol.